The van der Waals surface area contributed by atoms with Gasteiger partial charge in [0.25, 0.3) is 5.91 Å². The van der Waals surface area contributed by atoms with Gasteiger partial charge in [-0.2, -0.15) is 5.26 Å². The second-order valence-electron chi connectivity index (χ2n) is 10.2. The number of carbonyl (C=O) groups is 3. The van der Waals surface area contributed by atoms with Crippen LogP contribution in [0.25, 0.3) is 10.9 Å². The first kappa shape index (κ1) is 26.0. The quantitative estimate of drug-likeness (QED) is 0.444. The molecule has 3 N–H and O–H groups in total. The molecular weight excluding hydrogens is 496 g/mol. The summed E-state index contributed by atoms with van der Waals surface area (Å²) < 4.78 is 0. The molecule has 10 heteroatoms. The monoisotopic (exact) mass is 526 g/mol. The van der Waals surface area contributed by atoms with Crippen LogP contribution >= 0.6 is 0 Å². The number of benzene rings is 2. The normalized spacial score (nSPS) is 19.3. The fourth-order valence-electron chi connectivity index (χ4n) is 5.05. The van der Waals surface area contributed by atoms with Crippen molar-refractivity contribution in [3.63, 3.8) is 0 Å². The van der Waals surface area contributed by atoms with Crippen LogP contribution in [0.2, 0.25) is 0 Å². The largest absolute Gasteiger partial charge is 0.465 e. The van der Waals surface area contributed by atoms with E-state index in [9.17, 15) is 24.8 Å². The highest BCUT2D eigenvalue weighted by Gasteiger charge is 2.38. The van der Waals surface area contributed by atoms with E-state index in [0.29, 0.717) is 22.9 Å². The van der Waals surface area contributed by atoms with Gasteiger partial charge in [0.1, 0.15) is 12.1 Å². The van der Waals surface area contributed by atoms with Gasteiger partial charge in [-0.1, -0.05) is 18.2 Å². The Hall–Kier alpha value is -4.65. The van der Waals surface area contributed by atoms with Gasteiger partial charge in [0, 0.05) is 18.6 Å². The van der Waals surface area contributed by atoms with Crippen molar-refractivity contribution in [1.29, 1.82) is 5.26 Å². The molecule has 0 spiro atoms. The van der Waals surface area contributed by atoms with E-state index in [1.807, 2.05) is 30.5 Å². The topological polar surface area (TPSA) is 139 Å². The Balaban J connectivity index is 1.58. The van der Waals surface area contributed by atoms with E-state index in [2.05, 4.69) is 21.7 Å². The molecule has 10 nitrogen and oxygen atoms in total. The molecule has 2 aromatic carbocycles. The summed E-state index contributed by atoms with van der Waals surface area (Å²) in [5.74, 6) is -0.525. The number of carboxylic acid groups (broad SMARTS) is 1. The van der Waals surface area contributed by atoms with Crippen LogP contribution in [0.4, 0.5) is 16.2 Å². The van der Waals surface area contributed by atoms with E-state index >= 15 is 0 Å². The number of para-hydroxylation sites is 1. The van der Waals surface area contributed by atoms with Crippen LogP contribution in [0.5, 0.6) is 0 Å². The molecule has 1 aliphatic heterocycles. The van der Waals surface area contributed by atoms with Crippen molar-refractivity contribution in [3.8, 4) is 6.07 Å². The maximum absolute atomic E-state index is 14.2. The molecule has 0 saturated heterocycles. The van der Waals surface area contributed by atoms with Crippen LogP contribution < -0.4 is 15.5 Å². The van der Waals surface area contributed by atoms with Crippen LogP contribution in [0.1, 0.15) is 49.3 Å². The molecule has 3 aromatic rings. The van der Waals surface area contributed by atoms with E-state index in [0.717, 1.165) is 39.8 Å². The number of carbonyl (C=O) groups excluding carboxylic acids is 2. The first-order valence-corrected chi connectivity index (χ1v) is 12.9. The fourth-order valence-corrected chi connectivity index (χ4v) is 5.05. The standard InChI is InChI=1S/C29H30N6O4/c1-16-26(33-27(36)17(2)34(3)29(38)39)28(37)35(25-11-8-18(13-30)12-24(25)32-16)15-22-20-6-4-5-7-23(20)31-14-21(22)19-9-10-19/h4-8,11-12,14,16-17,19,26,32H,9-10,15H2,1-3H3,(H,33,36)(H,38,39)/t16-,17-,26-/m0/s1. The molecule has 3 atom stereocenters. The molecule has 2 aliphatic rings. The summed E-state index contributed by atoms with van der Waals surface area (Å²) in [6.07, 6.45) is 2.79. The number of nitrogens with zero attached hydrogens (tertiary/aromatic N) is 4. The molecule has 200 valence electrons. The zero-order valence-electron chi connectivity index (χ0n) is 22.0. The summed E-state index contributed by atoms with van der Waals surface area (Å²) in [5.41, 5.74) is 4.59. The SMILES string of the molecule is C[C@@H]1Nc2cc(C#N)ccc2N(Cc2c(C3CC3)cnc3ccccc23)C(=O)[C@H]1NC(=O)[C@H](C)N(C)C(=O)O. The highest BCUT2D eigenvalue weighted by atomic mass is 16.4. The molecular formula is C29H30N6O4. The zero-order valence-corrected chi connectivity index (χ0v) is 22.0. The third-order valence-corrected chi connectivity index (χ3v) is 7.65. The molecule has 1 aliphatic carbocycles. The van der Waals surface area contributed by atoms with Gasteiger partial charge in [0.2, 0.25) is 5.91 Å². The van der Waals surface area contributed by atoms with Crippen molar-refractivity contribution in [3.05, 3.63) is 65.4 Å². The van der Waals surface area contributed by atoms with Crippen LogP contribution in [-0.2, 0) is 16.1 Å². The molecule has 39 heavy (non-hydrogen) atoms. The molecule has 1 aromatic heterocycles. The average Bonchev–Trinajstić information content (AvgIpc) is 3.79. The number of fused-ring (bicyclic) bond motifs is 2. The van der Waals surface area contributed by atoms with Gasteiger partial charge in [-0.25, -0.2) is 4.79 Å². The van der Waals surface area contributed by atoms with Gasteiger partial charge in [0.05, 0.1) is 41.1 Å². The van der Waals surface area contributed by atoms with Crippen LogP contribution in [0.3, 0.4) is 0 Å². The van der Waals surface area contributed by atoms with E-state index in [1.54, 1.807) is 30.0 Å². The average molecular weight is 527 g/mol. The van der Waals surface area contributed by atoms with Crippen molar-refractivity contribution in [2.24, 2.45) is 0 Å². The van der Waals surface area contributed by atoms with E-state index in [-0.39, 0.29) is 12.5 Å². The second kappa shape index (κ2) is 10.3. The van der Waals surface area contributed by atoms with Crippen LogP contribution in [-0.4, -0.2) is 58.1 Å². The number of amides is 3. The zero-order chi connectivity index (χ0) is 27.8. The number of hydrogen-bond acceptors (Lipinski definition) is 6. The number of rotatable bonds is 6. The molecule has 3 amide bonds. The first-order valence-electron chi connectivity index (χ1n) is 12.9. The molecule has 0 unspecified atom stereocenters. The van der Waals surface area contributed by atoms with E-state index < -0.39 is 30.1 Å². The number of hydrogen-bond donors (Lipinski definition) is 3. The second-order valence-corrected chi connectivity index (χ2v) is 10.2. The van der Waals surface area contributed by atoms with E-state index in [4.69, 9.17) is 0 Å². The Morgan fingerprint density at radius 3 is 2.72 bits per heavy atom. The summed E-state index contributed by atoms with van der Waals surface area (Å²) >= 11 is 0. The summed E-state index contributed by atoms with van der Waals surface area (Å²) in [7, 11) is 1.31. The maximum Gasteiger partial charge on any atom is 0.407 e. The first-order chi connectivity index (χ1) is 18.7. The summed E-state index contributed by atoms with van der Waals surface area (Å²) in [5, 5.41) is 25.9. The Morgan fingerprint density at radius 2 is 2.03 bits per heavy atom. The van der Waals surface area contributed by atoms with Gasteiger partial charge in [-0.15, -0.1) is 0 Å². The maximum atomic E-state index is 14.2. The number of likely N-dealkylation sites (N-methyl/N-ethyl adjacent to an activating group) is 1. The minimum absolute atomic E-state index is 0.248. The van der Waals surface area contributed by atoms with Crippen LogP contribution in [0.15, 0.2) is 48.7 Å². The molecule has 2 heterocycles. The lowest BCUT2D eigenvalue weighted by Crippen LogP contribution is -2.57. The van der Waals surface area contributed by atoms with E-state index in [1.165, 1.54) is 14.0 Å². The molecule has 1 fully saturated rings. The van der Waals surface area contributed by atoms with Gasteiger partial charge in [-0.3, -0.25) is 19.5 Å². The molecule has 0 bridgehead atoms. The number of aromatic nitrogens is 1. The number of anilines is 2. The molecule has 1 saturated carbocycles. The van der Waals surface area contributed by atoms with Crippen molar-refractivity contribution in [2.45, 2.75) is 57.3 Å². The lowest BCUT2D eigenvalue weighted by Gasteiger charge is -2.30. The van der Waals surface area contributed by atoms with Gasteiger partial charge in [0.15, 0.2) is 0 Å². The smallest absolute Gasteiger partial charge is 0.407 e. The molecule has 5 rings (SSSR count). The van der Waals surface area contributed by atoms with Crippen molar-refractivity contribution < 1.29 is 19.5 Å². The molecule has 0 radical (unpaired) electrons. The number of nitriles is 1. The Labute approximate surface area is 226 Å². The predicted octanol–water partition coefficient (Wildman–Crippen LogP) is 3.81. The summed E-state index contributed by atoms with van der Waals surface area (Å²) in [6, 6.07) is 12.6. The predicted molar refractivity (Wildman–Crippen MR) is 146 cm³/mol. The number of pyridine rings is 1. The fraction of sp³-hybridized carbons (Fsp3) is 0.345. The summed E-state index contributed by atoms with van der Waals surface area (Å²) in [4.78, 5) is 45.9. The Kier molecular flexibility index (Phi) is 6.83. The Bertz CT molecular complexity index is 1510. The van der Waals surface area contributed by atoms with Gasteiger partial charge < -0.3 is 20.6 Å². The van der Waals surface area contributed by atoms with Gasteiger partial charge in [-0.05, 0) is 68.0 Å². The minimum Gasteiger partial charge on any atom is -0.465 e. The van der Waals surface area contributed by atoms with Crippen molar-refractivity contribution in [2.75, 3.05) is 17.3 Å². The lowest BCUT2D eigenvalue weighted by molar-refractivity contribution is -0.130. The Morgan fingerprint density at radius 1 is 1.28 bits per heavy atom. The minimum atomic E-state index is -1.24. The van der Waals surface area contributed by atoms with Crippen molar-refractivity contribution >= 4 is 40.2 Å². The van der Waals surface area contributed by atoms with Crippen LogP contribution in [0, 0.1) is 11.3 Å². The third kappa shape index (κ3) is 4.95. The highest BCUT2D eigenvalue weighted by Crippen LogP contribution is 2.44. The highest BCUT2D eigenvalue weighted by molar-refractivity contribution is 6.04. The number of nitrogens with one attached hydrogen (secondary N) is 2. The van der Waals surface area contributed by atoms with Gasteiger partial charge >= 0.3 is 6.09 Å². The lowest BCUT2D eigenvalue weighted by atomic mass is 9.99. The third-order valence-electron chi connectivity index (χ3n) is 7.65. The van der Waals surface area contributed by atoms with Crippen molar-refractivity contribution in [1.82, 2.24) is 15.2 Å². The summed E-state index contributed by atoms with van der Waals surface area (Å²) in [6.45, 7) is 3.50.